The lowest BCUT2D eigenvalue weighted by atomic mass is 10.1. The van der Waals surface area contributed by atoms with Gasteiger partial charge >= 0.3 is 0 Å². The van der Waals surface area contributed by atoms with Gasteiger partial charge in [0.15, 0.2) is 5.75 Å². The van der Waals surface area contributed by atoms with Gasteiger partial charge in [-0.05, 0) is 5.56 Å². The fraction of sp³-hybridized carbons (Fsp3) is 0.0625. The van der Waals surface area contributed by atoms with Crippen LogP contribution in [0.2, 0.25) is 0 Å². The molecule has 106 valence electrons. The van der Waals surface area contributed by atoms with Gasteiger partial charge in [0.2, 0.25) is 0 Å². The largest absolute Gasteiger partial charge is 0.593 e. The minimum atomic E-state index is -1.27. The average molecular weight is 298 g/mol. The third-order valence-corrected chi connectivity index (χ3v) is 4.01. The average Bonchev–Trinajstić information content (AvgIpc) is 2.97. The summed E-state index contributed by atoms with van der Waals surface area (Å²) in [4.78, 5) is 0. The third kappa shape index (κ3) is 3.45. The molecule has 1 atom stereocenters. The van der Waals surface area contributed by atoms with Gasteiger partial charge in [0.05, 0.1) is 23.1 Å². The molecule has 0 fully saturated rings. The van der Waals surface area contributed by atoms with Crippen LogP contribution in [0.25, 0.3) is 11.1 Å². The molecule has 0 saturated carbocycles. The molecule has 0 amide bonds. The number of aromatic nitrogens is 1. The summed E-state index contributed by atoms with van der Waals surface area (Å²) in [5, 5.41) is 3.79. The molecule has 5 heteroatoms. The van der Waals surface area contributed by atoms with Crippen molar-refractivity contribution in [3.8, 4) is 11.1 Å². The first-order chi connectivity index (χ1) is 10.3. The maximum atomic E-state index is 12.2. The van der Waals surface area contributed by atoms with Crippen molar-refractivity contribution in [2.24, 2.45) is 0 Å². The van der Waals surface area contributed by atoms with Crippen molar-refractivity contribution in [3.05, 3.63) is 72.4 Å². The van der Waals surface area contributed by atoms with Gasteiger partial charge in [0, 0.05) is 5.56 Å². The lowest BCUT2D eigenvalue weighted by Crippen LogP contribution is -2.15. The molecule has 0 saturated heterocycles. The number of nitrogens with zero attached hydrogens (tertiary/aromatic N) is 1. The van der Waals surface area contributed by atoms with E-state index in [2.05, 4.69) is 9.88 Å². The van der Waals surface area contributed by atoms with E-state index in [1.54, 1.807) is 6.20 Å². The molecule has 0 bridgehead atoms. The maximum absolute atomic E-state index is 12.2. The van der Waals surface area contributed by atoms with Gasteiger partial charge in [0.25, 0.3) is 5.88 Å². The zero-order chi connectivity index (χ0) is 14.5. The molecular weight excluding hydrogens is 284 g/mol. The highest BCUT2D eigenvalue weighted by atomic mass is 32.2. The maximum Gasteiger partial charge on any atom is 0.273 e. The summed E-state index contributed by atoms with van der Waals surface area (Å²) >= 11 is -1.27. The van der Waals surface area contributed by atoms with Crippen LogP contribution in [0.4, 0.5) is 5.88 Å². The van der Waals surface area contributed by atoms with Crippen LogP contribution in [0.15, 0.2) is 71.4 Å². The topological polar surface area (TPSA) is 61.1 Å². The van der Waals surface area contributed by atoms with E-state index >= 15 is 0 Å². The van der Waals surface area contributed by atoms with E-state index in [0.717, 1.165) is 16.7 Å². The second-order valence-electron chi connectivity index (χ2n) is 4.51. The minimum Gasteiger partial charge on any atom is -0.593 e. The smallest absolute Gasteiger partial charge is 0.273 e. The summed E-state index contributed by atoms with van der Waals surface area (Å²) in [6.45, 7) is 0. The fourth-order valence-corrected chi connectivity index (χ4v) is 2.92. The molecular formula is C16H14N2O2S. The Kier molecular flexibility index (Phi) is 4.23. The van der Waals surface area contributed by atoms with Crippen molar-refractivity contribution >= 4 is 17.2 Å². The van der Waals surface area contributed by atoms with E-state index in [9.17, 15) is 4.55 Å². The predicted octanol–water partition coefficient (Wildman–Crippen LogP) is 3.62. The highest BCUT2D eigenvalue weighted by Gasteiger charge is 2.16. The Morgan fingerprint density at radius 3 is 2.38 bits per heavy atom. The normalized spacial score (nSPS) is 12.0. The summed E-state index contributed by atoms with van der Waals surface area (Å²) in [7, 11) is 0. The Hall–Kier alpha value is -2.24. The van der Waals surface area contributed by atoms with Crippen molar-refractivity contribution in [1.29, 1.82) is 0 Å². The Morgan fingerprint density at radius 2 is 1.67 bits per heavy atom. The van der Waals surface area contributed by atoms with Gasteiger partial charge in [-0.3, -0.25) is 0 Å². The van der Waals surface area contributed by atoms with Crippen LogP contribution in [0.1, 0.15) is 5.56 Å². The quantitative estimate of drug-likeness (QED) is 0.731. The van der Waals surface area contributed by atoms with E-state index in [0.29, 0.717) is 11.6 Å². The van der Waals surface area contributed by atoms with Crippen LogP contribution in [-0.2, 0) is 17.1 Å². The van der Waals surface area contributed by atoms with Crippen molar-refractivity contribution < 1.29 is 9.08 Å². The number of hydrogen-bond donors (Lipinski definition) is 1. The summed E-state index contributed by atoms with van der Waals surface area (Å²) < 4.78 is 20.2. The van der Waals surface area contributed by atoms with E-state index in [1.165, 1.54) is 0 Å². The third-order valence-electron chi connectivity index (χ3n) is 3.00. The van der Waals surface area contributed by atoms with Crippen molar-refractivity contribution in [2.45, 2.75) is 5.75 Å². The molecule has 2 aromatic carbocycles. The Balaban J connectivity index is 1.73. The first-order valence-corrected chi connectivity index (χ1v) is 7.84. The van der Waals surface area contributed by atoms with Crippen LogP contribution in [0.3, 0.4) is 0 Å². The molecule has 1 unspecified atom stereocenters. The van der Waals surface area contributed by atoms with Crippen LogP contribution >= 0.6 is 0 Å². The molecule has 21 heavy (non-hydrogen) atoms. The lowest BCUT2D eigenvalue weighted by molar-refractivity contribution is 0.435. The molecule has 1 N–H and O–H groups in total. The SMILES string of the molecule is [O-][S+](Cc1ccccc1)Nc1oncc1-c1ccccc1. The number of nitrogens with one attached hydrogen (secondary N) is 1. The Morgan fingerprint density at radius 1 is 1.00 bits per heavy atom. The second kappa shape index (κ2) is 6.47. The van der Waals surface area contributed by atoms with Gasteiger partial charge in [-0.1, -0.05) is 65.8 Å². The molecule has 3 aromatic rings. The molecule has 4 nitrogen and oxygen atoms in total. The second-order valence-corrected chi connectivity index (χ2v) is 5.70. The molecule has 0 aliphatic heterocycles. The van der Waals surface area contributed by atoms with E-state index < -0.39 is 11.4 Å². The van der Waals surface area contributed by atoms with Crippen molar-refractivity contribution in [2.75, 3.05) is 4.72 Å². The standard InChI is InChI=1S/C16H14N2O2S/c19-21(12-13-7-3-1-4-8-13)18-16-15(11-17-20-16)14-9-5-2-6-10-14/h1-11,18H,12H2. The Bertz CT molecular complexity index is 686. The van der Waals surface area contributed by atoms with Crippen LogP contribution in [0.5, 0.6) is 0 Å². The van der Waals surface area contributed by atoms with Gasteiger partial charge in [-0.2, -0.15) is 4.72 Å². The van der Waals surface area contributed by atoms with E-state index in [4.69, 9.17) is 4.52 Å². The first kappa shape index (κ1) is 13.7. The van der Waals surface area contributed by atoms with Gasteiger partial charge in [0.1, 0.15) is 0 Å². The summed E-state index contributed by atoms with van der Waals surface area (Å²) in [6.07, 6.45) is 1.62. The summed E-state index contributed by atoms with van der Waals surface area (Å²) in [6, 6.07) is 19.4. The monoisotopic (exact) mass is 298 g/mol. The summed E-state index contributed by atoms with van der Waals surface area (Å²) in [5.74, 6) is 0.839. The number of anilines is 1. The highest BCUT2D eigenvalue weighted by Crippen LogP contribution is 2.28. The van der Waals surface area contributed by atoms with Gasteiger partial charge in [-0.15, -0.1) is 0 Å². The van der Waals surface area contributed by atoms with Gasteiger partial charge < -0.3 is 9.08 Å². The predicted molar refractivity (Wildman–Crippen MR) is 83.9 cm³/mol. The van der Waals surface area contributed by atoms with Gasteiger partial charge in [-0.25, -0.2) is 0 Å². The highest BCUT2D eigenvalue weighted by molar-refractivity contribution is 7.91. The van der Waals surface area contributed by atoms with E-state index in [-0.39, 0.29) is 0 Å². The van der Waals surface area contributed by atoms with Crippen LogP contribution < -0.4 is 4.72 Å². The number of rotatable bonds is 5. The number of hydrogen-bond acceptors (Lipinski definition) is 4. The molecule has 0 radical (unpaired) electrons. The van der Waals surface area contributed by atoms with Crippen molar-refractivity contribution in [3.63, 3.8) is 0 Å². The molecule has 0 aliphatic carbocycles. The molecule has 0 aliphatic rings. The summed E-state index contributed by atoms with van der Waals surface area (Å²) in [5.41, 5.74) is 2.78. The van der Waals surface area contributed by atoms with Crippen LogP contribution in [0, 0.1) is 0 Å². The minimum absolute atomic E-state index is 0.412. The lowest BCUT2D eigenvalue weighted by Gasteiger charge is -2.10. The molecule has 1 aromatic heterocycles. The van der Waals surface area contributed by atoms with E-state index in [1.807, 2.05) is 60.7 Å². The van der Waals surface area contributed by atoms with Crippen molar-refractivity contribution in [1.82, 2.24) is 5.16 Å². The molecule has 3 rings (SSSR count). The molecule has 1 heterocycles. The Labute approximate surface area is 126 Å². The number of benzene rings is 2. The zero-order valence-corrected chi connectivity index (χ0v) is 12.0. The zero-order valence-electron chi connectivity index (χ0n) is 11.2. The fourth-order valence-electron chi connectivity index (χ4n) is 2.00. The molecule has 0 spiro atoms. The first-order valence-electron chi connectivity index (χ1n) is 6.52. The van der Waals surface area contributed by atoms with Crippen LogP contribution in [-0.4, -0.2) is 9.71 Å².